The van der Waals surface area contributed by atoms with Crippen molar-refractivity contribution in [2.24, 2.45) is 0 Å². The van der Waals surface area contributed by atoms with Gasteiger partial charge in [-0.05, 0) is 51.3 Å². The third-order valence-corrected chi connectivity index (χ3v) is 5.19. The molecule has 2 heterocycles. The summed E-state index contributed by atoms with van der Waals surface area (Å²) in [5, 5.41) is 0.591. The molecular weight excluding hydrogens is 366 g/mol. The largest absolute Gasteiger partial charge is 0.495 e. The molecule has 0 spiro atoms. The summed E-state index contributed by atoms with van der Waals surface area (Å²) in [7, 11) is 7.23. The third kappa shape index (κ3) is 4.06. The van der Waals surface area contributed by atoms with Crippen molar-refractivity contribution in [1.82, 2.24) is 9.88 Å². The first kappa shape index (κ1) is 19.2. The van der Waals surface area contributed by atoms with Gasteiger partial charge in [0.15, 0.2) is 10.9 Å². The van der Waals surface area contributed by atoms with Crippen LogP contribution in [0.25, 0.3) is 10.2 Å². The summed E-state index contributed by atoms with van der Waals surface area (Å²) < 4.78 is 17.0. The molecule has 1 amide bonds. The minimum atomic E-state index is -0.212. The fourth-order valence-electron chi connectivity index (χ4n) is 2.75. The second-order valence-electron chi connectivity index (χ2n) is 6.24. The van der Waals surface area contributed by atoms with Crippen molar-refractivity contribution in [3.63, 3.8) is 0 Å². The van der Waals surface area contributed by atoms with Crippen LogP contribution < -0.4 is 14.4 Å². The van der Waals surface area contributed by atoms with E-state index in [1.165, 1.54) is 17.6 Å². The van der Waals surface area contributed by atoms with E-state index in [2.05, 4.69) is 9.88 Å². The van der Waals surface area contributed by atoms with E-state index in [1.54, 1.807) is 31.3 Å². The molecule has 1 aromatic carbocycles. The molecule has 7 nitrogen and oxygen atoms in total. The van der Waals surface area contributed by atoms with Crippen LogP contribution in [-0.2, 0) is 0 Å². The number of benzene rings is 1. The van der Waals surface area contributed by atoms with E-state index < -0.39 is 0 Å². The lowest BCUT2D eigenvalue weighted by atomic mass is 10.3. The number of furan rings is 1. The number of anilines is 1. The molecule has 0 bridgehead atoms. The van der Waals surface area contributed by atoms with E-state index in [-0.39, 0.29) is 11.7 Å². The zero-order valence-electron chi connectivity index (χ0n) is 15.9. The molecule has 2 aromatic heterocycles. The quantitative estimate of drug-likeness (QED) is 0.587. The van der Waals surface area contributed by atoms with Gasteiger partial charge in [-0.1, -0.05) is 11.3 Å². The molecule has 27 heavy (non-hydrogen) atoms. The molecule has 0 fully saturated rings. The first-order valence-electron chi connectivity index (χ1n) is 8.56. The Kier molecular flexibility index (Phi) is 5.98. The maximum atomic E-state index is 13.0. The predicted molar refractivity (Wildman–Crippen MR) is 106 cm³/mol. The molecule has 3 rings (SSSR count). The first-order valence-corrected chi connectivity index (χ1v) is 9.38. The molecule has 0 aliphatic carbocycles. The highest BCUT2D eigenvalue weighted by Gasteiger charge is 2.25. The number of carbonyl (C=O) groups is 1. The van der Waals surface area contributed by atoms with Crippen LogP contribution in [0.15, 0.2) is 34.9 Å². The highest BCUT2D eigenvalue weighted by molar-refractivity contribution is 7.22. The summed E-state index contributed by atoms with van der Waals surface area (Å²) >= 11 is 1.40. The van der Waals surface area contributed by atoms with Crippen molar-refractivity contribution in [1.29, 1.82) is 0 Å². The molecule has 144 valence electrons. The minimum Gasteiger partial charge on any atom is -0.495 e. The first-order chi connectivity index (χ1) is 13.0. The van der Waals surface area contributed by atoms with Crippen LogP contribution in [0.2, 0.25) is 0 Å². The van der Waals surface area contributed by atoms with E-state index in [1.807, 2.05) is 26.2 Å². The summed E-state index contributed by atoms with van der Waals surface area (Å²) in [6, 6.07) is 7.02. The molecule has 8 heteroatoms. The number of amides is 1. The molecule has 0 saturated carbocycles. The van der Waals surface area contributed by atoms with E-state index in [0.717, 1.165) is 17.7 Å². The molecule has 3 aromatic rings. The van der Waals surface area contributed by atoms with Crippen LogP contribution in [0.5, 0.6) is 11.5 Å². The van der Waals surface area contributed by atoms with Crippen LogP contribution in [-0.4, -0.2) is 57.2 Å². The van der Waals surface area contributed by atoms with Gasteiger partial charge in [0, 0.05) is 6.54 Å². The standard InChI is InChI=1S/C19H23N3O4S/c1-21(2)10-6-11-22(18(23)15-7-5-12-26-15)19-20-16-13(24-3)8-9-14(25-4)17(16)27-19/h5,7-9,12H,6,10-11H2,1-4H3. The molecule has 0 unspecified atom stereocenters. The Hall–Kier alpha value is -2.58. The second-order valence-corrected chi connectivity index (χ2v) is 7.21. The Balaban J connectivity index is 2.01. The van der Waals surface area contributed by atoms with Crippen molar-refractivity contribution in [2.75, 3.05) is 46.3 Å². The Morgan fingerprint density at radius 2 is 1.89 bits per heavy atom. The van der Waals surface area contributed by atoms with E-state index in [9.17, 15) is 4.79 Å². The summed E-state index contributed by atoms with van der Waals surface area (Å²) in [4.78, 5) is 21.4. The number of hydrogen-bond donors (Lipinski definition) is 0. The number of aromatic nitrogens is 1. The van der Waals surface area contributed by atoms with Crippen LogP contribution >= 0.6 is 11.3 Å². The Morgan fingerprint density at radius 3 is 2.52 bits per heavy atom. The molecule has 0 aliphatic heterocycles. The van der Waals surface area contributed by atoms with Gasteiger partial charge >= 0.3 is 0 Å². The van der Waals surface area contributed by atoms with E-state index in [4.69, 9.17) is 13.9 Å². The fraction of sp³-hybridized carbons (Fsp3) is 0.368. The van der Waals surface area contributed by atoms with Gasteiger partial charge < -0.3 is 18.8 Å². The maximum Gasteiger partial charge on any atom is 0.295 e. The number of rotatable bonds is 8. The number of methoxy groups -OCH3 is 2. The summed E-state index contributed by atoms with van der Waals surface area (Å²) in [5.41, 5.74) is 0.682. The van der Waals surface area contributed by atoms with Gasteiger partial charge in [-0.3, -0.25) is 9.69 Å². The van der Waals surface area contributed by atoms with Gasteiger partial charge in [0.1, 0.15) is 21.7 Å². The maximum absolute atomic E-state index is 13.0. The number of ether oxygens (including phenoxy) is 2. The molecule has 0 atom stereocenters. The topological polar surface area (TPSA) is 68.0 Å². The lowest BCUT2D eigenvalue weighted by molar-refractivity contribution is 0.0959. The number of fused-ring (bicyclic) bond motifs is 1. The second kappa shape index (κ2) is 8.41. The average Bonchev–Trinajstić information content (AvgIpc) is 3.33. The monoisotopic (exact) mass is 389 g/mol. The number of nitrogens with zero attached hydrogens (tertiary/aromatic N) is 3. The van der Waals surface area contributed by atoms with Crippen LogP contribution in [0.3, 0.4) is 0 Å². The van der Waals surface area contributed by atoms with Crippen LogP contribution in [0.4, 0.5) is 5.13 Å². The van der Waals surface area contributed by atoms with Gasteiger partial charge in [0.2, 0.25) is 0 Å². The van der Waals surface area contributed by atoms with Gasteiger partial charge in [0.05, 0.1) is 20.5 Å². The summed E-state index contributed by atoms with van der Waals surface area (Å²) in [6.07, 6.45) is 2.30. The highest BCUT2D eigenvalue weighted by Crippen LogP contribution is 2.40. The molecule has 0 radical (unpaired) electrons. The average molecular weight is 389 g/mol. The van der Waals surface area contributed by atoms with Gasteiger partial charge in [-0.15, -0.1) is 0 Å². The Morgan fingerprint density at radius 1 is 1.15 bits per heavy atom. The number of carbonyl (C=O) groups excluding carboxylic acids is 1. The molecule has 0 aliphatic rings. The fourth-order valence-corrected chi connectivity index (χ4v) is 3.85. The normalized spacial score (nSPS) is 11.1. The molecule has 0 saturated heterocycles. The van der Waals surface area contributed by atoms with Crippen molar-refractivity contribution in [2.45, 2.75) is 6.42 Å². The third-order valence-electron chi connectivity index (χ3n) is 4.09. The highest BCUT2D eigenvalue weighted by atomic mass is 32.1. The van der Waals surface area contributed by atoms with Gasteiger partial charge in [-0.25, -0.2) is 4.98 Å². The number of thiazole rings is 1. The zero-order valence-corrected chi connectivity index (χ0v) is 16.7. The van der Waals surface area contributed by atoms with Crippen molar-refractivity contribution < 1.29 is 18.7 Å². The van der Waals surface area contributed by atoms with Gasteiger partial charge in [-0.2, -0.15) is 0 Å². The molecule has 0 N–H and O–H groups in total. The number of hydrogen-bond acceptors (Lipinski definition) is 7. The van der Waals surface area contributed by atoms with Gasteiger partial charge in [0.25, 0.3) is 5.91 Å². The zero-order chi connectivity index (χ0) is 19.4. The van der Waals surface area contributed by atoms with Crippen molar-refractivity contribution >= 4 is 32.6 Å². The summed E-state index contributed by atoms with van der Waals surface area (Å²) in [5.74, 6) is 1.43. The van der Waals surface area contributed by atoms with E-state index >= 15 is 0 Å². The SMILES string of the molecule is COc1ccc(OC)c2sc(N(CCCN(C)C)C(=O)c3ccco3)nc12. The molecular formula is C19H23N3O4S. The van der Waals surface area contributed by atoms with Crippen LogP contribution in [0.1, 0.15) is 17.0 Å². The minimum absolute atomic E-state index is 0.212. The Labute approximate surface area is 162 Å². The van der Waals surface area contributed by atoms with Crippen molar-refractivity contribution in [3.05, 3.63) is 36.3 Å². The van der Waals surface area contributed by atoms with E-state index in [0.29, 0.717) is 28.7 Å². The van der Waals surface area contributed by atoms with Crippen molar-refractivity contribution in [3.8, 4) is 11.5 Å². The van der Waals surface area contributed by atoms with Crippen LogP contribution in [0, 0.1) is 0 Å². The lowest BCUT2D eigenvalue weighted by Gasteiger charge is -2.19. The lowest BCUT2D eigenvalue weighted by Crippen LogP contribution is -2.33. The Bertz CT molecular complexity index is 864. The smallest absolute Gasteiger partial charge is 0.295 e. The summed E-state index contributed by atoms with van der Waals surface area (Å²) in [6.45, 7) is 1.39. The predicted octanol–water partition coefficient (Wildman–Crippen LogP) is 3.51.